The highest BCUT2D eigenvalue weighted by molar-refractivity contribution is 7.84. The van der Waals surface area contributed by atoms with Gasteiger partial charge in [-0.3, -0.25) is 4.21 Å². The molecule has 1 saturated carbocycles. The minimum atomic E-state index is -0.756. The maximum atomic E-state index is 12.2. The van der Waals surface area contributed by atoms with E-state index in [1.54, 1.807) is 11.3 Å². The van der Waals surface area contributed by atoms with Crippen molar-refractivity contribution >= 4 is 22.1 Å². The maximum absolute atomic E-state index is 12.2. The van der Waals surface area contributed by atoms with E-state index in [-0.39, 0.29) is 0 Å². The van der Waals surface area contributed by atoms with Gasteiger partial charge in [-0.15, -0.1) is 11.3 Å². The summed E-state index contributed by atoms with van der Waals surface area (Å²) in [4.78, 5) is 5.60. The van der Waals surface area contributed by atoms with E-state index in [0.717, 1.165) is 10.8 Å². The summed E-state index contributed by atoms with van der Waals surface area (Å²) in [6, 6.07) is 10.3. The van der Waals surface area contributed by atoms with Crippen LogP contribution in [0.25, 0.3) is 10.4 Å². The zero-order chi connectivity index (χ0) is 13.8. The minimum absolute atomic E-state index is 0.619. The summed E-state index contributed by atoms with van der Waals surface area (Å²) in [5.74, 6) is 2.17. The Morgan fingerprint density at radius 1 is 1.20 bits per heavy atom. The standard InChI is InChI=1S/C16H19NOS2/c18-20(11-13-6-4-5-7-13)12-16-17-10-15(19-16)14-8-2-1-3-9-14/h1-3,8-10,13H,4-7,11-12H2. The van der Waals surface area contributed by atoms with Crippen molar-refractivity contribution in [2.24, 2.45) is 5.92 Å². The molecule has 106 valence electrons. The second-order valence-electron chi connectivity index (χ2n) is 5.39. The van der Waals surface area contributed by atoms with E-state index in [0.29, 0.717) is 11.7 Å². The Hall–Kier alpha value is -1.00. The van der Waals surface area contributed by atoms with Crippen LogP contribution in [0.1, 0.15) is 30.7 Å². The minimum Gasteiger partial charge on any atom is -0.259 e. The van der Waals surface area contributed by atoms with Gasteiger partial charge in [-0.2, -0.15) is 0 Å². The largest absolute Gasteiger partial charge is 0.259 e. The molecule has 1 unspecified atom stereocenters. The van der Waals surface area contributed by atoms with Gasteiger partial charge >= 0.3 is 0 Å². The van der Waals surface area contributed by atoms with E-state index < -0.39 is 10.8 Å². The summed E-state index contributed by atoms with van der Waals surface area (Å²) in [6.07, 6.45) is 7.06. The van der Waals surface area contributed by atoms with Gasteiger partial charge in [0.15, 0.2) is 0 Å². The molecule has 1 atom stereocenters. The molecule has 1 aromatic carbocycles. The Labute approximate surface area is 126 Å². The predicted molar refractivity (Wildman–Crippen MR) is 86.2 cm³/mol. The molecule has 4 heteroatoms. The van der Waals surface area contributed by atoms with Crippen molar-refractivity contribution in [1.82, 2.24) is 4.98 Å². The molecule has 0 amide bonds. The molecule has 0 N–H and O–H groups in total. The van der Waals surface area contributed by atoms with Crippen molar-refractivity contribution in [2.45, 2.75) is 31.4 Å². The van der Waals surface area contributed by atoms with Crippen molar-refractivity contribution in [2.75, 3.05) is 5.75 Å². The zero-order valence-corrected chi connectivity index (χ0v) is 13.1. The molecule has 3 rings (SSSR count). The topological polar surface area (TPSA) is 30.0 Å². The summed E-state index contributed by atoms with van der Waals surface area (Å²) in [6.45, 7) is 0. The van der Waals surface area contributed by atoms with Gasteiger partial charge in [0, 0.05) is 22.7 Å². The molecular formula is C16H19NOS2. The van der Waals surface area contributed by atoms with Crippen LogP contribution in [0.3, 0.4) is 0 Å². The molecule has 0 spiro atoms. The summed E-state index contributed by atoms with van der Waals surface area (Å²) in [5, 5.41) is 1.00. The Morgan fingerprint density at radius 3 is 2.70 bits per heavy atom. The average molecular weight is 305 g/mol. The van der Waals surface area contributed by atoms with E-state index in [4.69, 9.17) is 0 Å². The number of nitrogens with zero attached hydrogens (tertiary/aromatic N) is 1. The summed E-state index contributed by atoms with van der Waals surface area (Å²) in [5.41, 5.74) is 1.19. The zero-order valence-electron chi connectivity index (χ0n) is 11.5. The molecule has 0 radical (unpaired) electrons. The molecule has 2 nitrogen and oxygen atoms in total. The van der Waals surface area contributed by atoms with Gasteiger partial charge in [0.2, 0.25) is 0 Å². The fraction of sp³-hybridized carbons (Fsp3) is 0.438. The Morgan fingerprint density at radius 2 is 1.95 bits per heavy atom. The number of thiazole rings is 1. The average Bonchev–Trinajstić information content (AvgIpc) is 3.11. The van der Waals surface area contributed by atoms with Crippen molar-refractivity contribution in [3.8, 4) is 10.4 Å². The molecule has 0 saturated heterocycles. The highest BCUT2D eigenvalue weighted by Gasteiger charge is 2.18. The van der Waals surface area contributed by atoms with Crippen LogP contribution >= 0.6 is 11.3 Å². The smallest absolute Gasteiger partial charge is 0.106 e. The van der Waals surface area contributed by atoms with Gasteiger partial charge in [-0.05, 0) is 24.3 Å². The van der Waals surface area contributed by atoms with Gasteiger partial charge in [0.1, 0.15) is 5.01 Å². The lowest BCUT2D eigenvalue weighted by Crippen LogP contribution is -2.09. The quantitative estimate of drug-likeness (QED) is 0.826. The molecular weight excluding hydrogens is 286 g/mol. The van der Waals surface area contributed by atoms with Crippen molar-refractivity contribution in [1.29, 1.82) is 0 Å². The number of rotatable bonds is 5. The first-order chi connectivity index (χ1) is 9.81. The molecule has 0 aliphatic heterocycles. The lowest BCUT2D eigenvalue weighted by molar-refractivity contribution is 0.604. The van der Waals surface area contributed by atoms with E-state index >= 15 is 0 Å². The van der Waals surface area contributed by atoms with Crippen LogP contribution < -0.4 is 0 Å². The molecule has 1 fully saturated rings. The maximum Gasteiger partial charge on any atom is 0.106 e. The fourth-order valence-corrected chi connectivity index (χ4v) is 5.43. The summed E-state index contributed by atoms with van der Waals surface area (Å²) in [7, 11) is -0.756. The van der Waals surface area contributed by atoms with Crippen molar-refractivity contribution in [3.05, 3.63) is 41.5 Å². The lowest BCUT2D eigenvalue weighted by Gasteiger charge is -2.06. The molecule has 0 bridgehead atoms. The number of hydrogen-bond acceptors (Lipinski definition) is 3. The van der Waals surface area contributed by atoms with Gasteiger partial charge in [-0.1, -0.05) is 43.2 Å². The van der Waals surface area contributed by atoms with E-state index in [9.17, 15) is 4.21 Å². The van der Waals surface area contributed by atoms with Crippen LogP contribution in [0.15, 0.2) is 36.5 Å². The molecule has 1 heterocycles. The highest BCUT2D eigenvalue weighted by atomic mass is 32.2. The van der Waals surface area contributed by atoms with Crippen LogP contribution in [0.5, 0.6) is 0 Å². The van der Waals surface area contributed by atoms with Crippen molar-refractivity contribution in [3.63, 3.8) is 0 Å². The van der Waals surface area contributed by atoms with Gasteiger partial charge in [-0.25, -0.2) is 4.98 Å². The molecule has 1 aliphatic rings. The third kappa shape index (κ3) is 3.55. The molecule has 20 heavy (non-hydrogen) atoms. The SMILES string of the molecule is O=S(Cc1ncc(-c2ccccc2)s1)CC1CCCC1. The van der Waals surface area contributed by atoms with Gasteiger partial charge in [0.05, 0.1) is 10.6 Å². The third-order valence-corrected chi connectivity index (χ3v) is 6.46. The number of hydrogen-bond donors (Lipinski definition) is 0. The van der Waals surface area contributed by atoms with Crippen LogP contribution in [-0.4, -0.2) is 14.9 Å². The summed E-state index contributed by atoms with van der Waals surface area (Å²) >= 11 is 1.67. The van der Waals surface area contributed by atoms with Crippen LogP contribution in [0, 0.1) is 5.92 Å². The first-order valence-corrected chi connectivity index (χ1v) is 9.47. The molecule has 1 aromatic heterocycles. The van der Waals surface area contributed by atoms with Crippen molar-refractivity contribution < 1.29 is 4.21 Å². The van der Waals surface area contributed by atoms with E-state index in [1.165, 1.54) is 36.1 Å². The van der Waals surface area contributed by atoms with Gasteiger partial charge in [0.25, 0.3) is 0 Å². The van der Waals surface area contributed by atoms with E-state index in [2.05, 4.69) is 17.1 Å². The first kappa shape index (κ1) is 14.0. The highest BCUT2D eigenvalue weighted by Crippen LogP contribution is 2.28. The predicted octanol–water partition coefficient (Wildman–Crippen LogP) is 4.25. The summed E-state index contributed by atoms with van der Waals surface area (Å²) < 4.78 is 12.2. The van der Waals surface area contributed by atoms with Crippen LogP contribution in [0.4, 0.5) is 0 Å². The third-order valence-electron chi connectivity index (χ3n) is 3.79. The number of aromatic nitrogens is 1. The Bertz CT molecular complexity index is 573. The fourth-order valence-electron chi connectivity index (χ4n) is 2.75. The van der Waals surface area contributed by atoms with Crippen LogP contribution in [0.2, 0.25) is 0 Å². The number of benzene rings is 1. The second-order valence-corrected chi connectivity index (χ2v) is 8.00. The van der Waals surface area contributed by atoms with Gasteiger partial charge < -0.3 is 0 Å². The molecule has 2 aromatic rings. The monoisotopic (exact) mass is 305 g/mol. The van der Waals surface area contributed by atoms with E-state index in [1.807, 2.05) is 24.4 Å². The normalized spacial score (nSPS) is 17.4. The lowest BCUT2D eigenvalue weighted by atomic mass is 10.1. The Kier molecular flexibility index (Phi) is 4.63. The molecule has 1 aliphatic carbocycles. The Balaban J connectivity index is 1.61. The first-order valence-electron chi connectivity index (χ1n) is 7.16. The second kappa shape index (κ2) is 6.64. The van der Waals surface area contributed by atoms with Crippen LogP contribution in [-0.2, 0) is 16.6 Å².